The molecule has 2 aromatic rings. The van der Waals surface area contributed by atoms with Gasteiger partial charge in [0, 0.05) is 0 Å². The highest BCUT2D eigenvalue weighted by atomic mass is 31.2. The number of guanidine groups is 1. The largest absolute Gasteiger partial charge is 0.472 e. The van der Waals surface area contributed by atoms with Crippen LogP contribution in [0.2, 0.25) is 0 Å². The number of rotatable bonds is 2. The number of nitrogen functional groups attached to an aromatic ring is 2. The molecular formula is C20H25N11O13P2. The zero-order valence-electron chi connectivity index (χ0n) is 22.9. The van der Waals surface area contributed by atoms with Gasteiger partial charge in [-0.15, -0.1) is 0 Å². The molecule has 2 bridgehead atoms. The van der Waals surface area contributed by atoms with E-state index < -0.39 is 95.8 Å². The van der Waals surface area contributed by atoms with Crippen molar-refractivity contribution in [2.45, 2.75) is 55.1 Å². The molecule has 26 heteroatoms. The lowest BCUT2D eigenvalue weighted by Gasteiger charge is -2.31. The van der Waals surface area contributed by atoms with Gasteiger partial charge in [0.25, 0.3) is 5.91 Å². The Bertz CT molecular complexity index is 1770. The molecule has 0 aromatic carbocycles. The molecule has 11 atom stereocenters. The number of anilines is 2. The summed E-state index contributed by atoms with van der Waals surface area (Å²) in [6.07, 6.45) is -10.7. The molecule has 0 saturated carbocycles. The van der Waals surface area contributed by atoms with Gasteiger partial charge in [0.05, 0.1) is 25.9 Å². The van der Waals surface area contributed by atoms with Gasteiger partial charge in [-0.2, -0.15) is 15.0 Å². The summed E-state index contributed by atoms with van der Waals surface area (Å²) in [5.74, 6) is -1.62. The van der Waals surface area contributed by atoms with Crippen LogP contribution >= 0.6 is 15.6 Å². The molecule has 24 nitrogen and oxygen atoms in total. The number of aliphatic hydroxyl groups is 2. The van der Waals surface area contributed by atoms with E-state index in [1.54, 1.807) is 0 Å². The molecule has 7 heterocycles. The van der Waals surface area contributed by atoms with E-state index in [0.29, 0.717) is 0 Å². The molecule has 2 aromatic heterocycles. The maximum Gasteiger partial charge on any atom is 0.472 e. The number of hydrogen-bond donors (Lipinski definition) is 8. The summed E-state index contributed by atoms with van der Waals surface area (Å²) in [6, 6.07) is -1.19. The van der Waals surface area contributed by atoms with Gasteiger partial charge in [-0.05, 0) is 0 Å². The monoisotopic (exact) mass is 689 g/mol. The fourth-order valence-electron chi connectivity index (χ4n) is 5.49. The number of carbonyl (C=O) groups is 1. The van der Waals surface area contributed by atoms with Crippen LogP contribution in [0.15, 0.2) is 16.3 Å². The minimum atomic E-state index is -5.14. The highest BCUT2D eigenvalue weighted by Crippen LogP contribution is 2.53. The SMILES string of the molecule is N=C1N=C2C(N=CN2[C@@H]2O[C@@H]3COP(=O)(O)O[C@H]4[C@@H](O)[C@H](n5cnc6c(N)nc(N)nc65)O[C@@H]4COP(=O)(O)O[C@@H]2[C@@H]3O)C(=O)N1. The fraction of sp³-hybridized carbons (Fsp3) is 0.550. The van der Waals surface area contributed by atoms with Crippen molar-refractivity contribution in [1.29, 1.82) is 5.41 Å². The molecular weight excluding hydrogens is 664 g/mol. The third-order valence-corrected chi connectivity index (χ3v) is 9.49. The van der Waals surface area contributed by atoms with Crippen LogP contribution in [0.5, 0.6) is 0 Å². The molecule has 7 rings (SSSR count). The highest BCUT2D eigenvalue weighted by Gasteiger charge is 2.56. The van der Waals surface area contributed by atoms with Gasteiger partial charge in [-0.25, -0.2) is 14.1 Å². The molecule has 5 aliphatic rings. The maximum absolute atomic E-state index is 13.2. The number of amidine groups is 1. The first-order valence-electron chi connectivity index (χ1n) is 13.2. The Morgan fingerprint density at radius 3 is 2.39 bits per heavy atom. The summed E-state index contributed by atoms with van der Waals surface area (Å²) in [5.41, 5.74) is 11.7. The van der Waals surface area contributed by atoms with Crippen LogP contribution in [-0.4, -0.2) is 131 Å². The van der Waals surface area contributed by atoms with Crippen LogP contribution in [-0.2, 0) is 41.5 Å². The van der Waals surface area contributed by atoms with Crippen LogP contribution in [0.1, 0.15) is 6.23 Å². The number of phosphoric acid groups is 2. The summed E-state index contributed by atoms with van der Waals surface area (Å²) in [5, 5.41) is 32.1. The Balaban J connectivity index is 1.18. The Labute approximate surface area is 255 Å². The number of aliphatic hydroxyl groups excluding tert-OH is 2. The van der Waals surface area contributed by atoms with E-state index in [9.17, 15) is 33.9 Å². The number of phosphoric ester groups is 2. The van der Waals surface area contributed by atoms with Gasteiger partial charge in [-0.1, -0.05) is 0 Å². The van der Waals surface area contributed by atoms with Crippen molar-refractivity contribution in [2.24, 2.45) is 9.98 Å². The number of carbonyl (C=O) groups excluding carboxylic acids is 1. The maximum atomic E-state index is 13.2. The smallest absolute Gasteiger partial charge is 0.387 e. The van der Waals surface area contributed by atoms with Gasteiger partial charge >= 0.3 is 15.6 Å². The van der Waals surface area contributed by atoms with Gasteiger partial charge in [0.1, 0.15) is 42.1 Å². The average molecular weight is 689 g/mol. The number of aromatic nitrogens is 4. The minimum absolute atomic E-state index is 0.0278. The molecule has 3 unspecified atom stereocenters. The Hall–Kier alpha value is -3.51. The number of fused-ring (bicyclic) bond motifs is 5. The fourth-order valence-corrected chi connectivity index (χ4v) is 7.38. The first kappa shape index (κ1) is 31.1. The van der Waals surface area contributed by atoms with Crippen LogP contribution in [0.3, 0.4) is 0 Å². The number of nitrogens with two attached hydrogens (primary N) is 2. The number of aliphatic imine (C=N–C) groups is 2. The van der Waals surface area contributed by atoms with Crippen LogP contribution in [0.4, 0.5) is 11.8 Å². The number of imidazole rings is 1. The minimum Gasteiger partial charge on any atom is -0.387 e. The molecule has 248 valence electrons. The first-order chi connectivity index (χ1) is 21.7. The van der Waals surface area contributed by atoms with Crippen molar-refractivity contribution < 1.29 is 61.5 Å². The van der Waals surface area contributed by atoms with E-state index in [1.807, 2.05) is 0 Å². The van der Waals surface area contributed by atoms with Gasteiger partial charge < -0.3 is 40.9 Å². The second kappa shape index (κ2) is 11.0. The zero-order valence-corrected chi connectivity index (χ0v) is 24.7. The van der Waals surface area contributed by atoms with E-state index in [0.717, 1.165) is 11.2 Å². The van der Waals surface area contributed by atoms with Gasteiger partial charge in [0.15, 0.2) is 35.8 Å². The molecule has 3 saturated heterocycles. The lowest BCUT2D eigenvalue weighted by atomic mass is 10.1. The third-order valence-electron chi connectivity index (χ3n) is 7.52. The topological polar surface area (TPSA) is 347 Å². The first-order valence-corrected chi connectivity index (χ1v) is 16.2. The standard InChI is InChI=1S/C20H25N11O13P2/c21-13-7-14(27-19(22)26-13)30(3-24-7)17-10(33)11-6(42-17)2-40-46(37,38)44-12-9(32)5(1-39-45(35,36)43-11)41-18(12)31-4-25-8-15(31)28-20(23)29-16(8)34/h3-6,8-12,17-18,32-33H,1-2H2,(H,35,36)(H,37,38)(H2,23,29,34)(H4,21,22,26,27)/t5-,6-,8?,9-,10-,11-,12-,17-,18-/m1/s1. The quantitative estimate of drug-likeness (QED) is 0.142. The summed E-state index contributed by atoms with van der Waals surface area (Å²) in [4.78, 5) is 54.5. The molecule has 3 fully saturated rings. The molecule has 0 spiro atoms. The summed E-state index contributed by atoms with van der Waals surface area (Å²) in [6.45, 7) is -1.70. The number of ether oxygens (including phenoxy) is 2. The predicted octanol–water partition coefficient (Wildman–Crippen LogP) is -3.47. The number of nitrogens with one attached hydrogen (secondary N) is 2. The lowest BCUT2D eigenvalue weighted by molar-refractivity contribution is -0.119. The summed E-state index contributed by atoms with van der Waals surface area (Å²) >= 11 is 0. The second-order valence-electron chi connectivity index (χ2n) is 10.5. The number of nitrogens with zero attached hydrogens (tertiary/aromatic N) is 7. The number of hydrogen-bond acceptors (Lipinski definition) is 19. The van der Waals surface area contributed by atoms with Crippen LogP contribution in [0, 0.1) is 5.41 Å². The van der Waals surface area contributed by atoms with Crippen molar-refractivity contribution >= 4 is 62.6 Å². The Morgan fingerprint density at radius 2 is 1.65 bits per heavy atom. The number of amides is 1. The third kappa shape index (κ3) is 5.36. The van der Waals surface area contributed by atoms with Crippen molar-refractivity contribution in [1.82, 2.24) is 29.7 Å². The van der Waals surface area contributed by atoms with Crippen molar-refractivity contribution in [3.8, 4) is 0 Å². The molecule has 5 aliphatic heterocycles. The van der Waals surface area contributed by atoms with E-state index in [4.69, 9.17) is 44.4 Å². The Morgan fingerprint density at radius 1 is 0.978 bits per heavy atom. The average Bonchev–Trinajstić information content (AvgIpc) is 3.72. The molecule has 0 radical (unpaired) electrons. The zero-order chi connectivity index (χ0) is 32.7. The predicted molar refractivity (Wildman–Crippen MR) is 147 cm³/mol. The lowest BCUT2D eigenvalue weighted by Crippen LogP contribution is -2.53. The van der Waals surface area contributed by atoms with E-state index in [1.165, 1.54) is 10.9 Å². The highest BCUT2D eigenvalue weighted by molar-refractivity contribution is 7.47. The second-order valence-corrected chi connectivity index (χ2v) is 13.3. The molecule has 10 N–H and O–H groups in total. The van der Waals surface area contributed by atoms with Crippen LogP contribution < -0.4 is 16.8 Å². The van der Waals surface area contributed by atoms with Gasteiger partial charge in [-0.3, -0.25) is 48.1 Å². The molecule has 46 heavy (non-hydrogen) atoms. The Kier molecular flexibility index (Phi) is 7.47. The van der Waals surface area contributed by atoms with E-state index in [-0.39, 0.29) is 28.8 Å². The van der Waals surface area contributed by atoms with Crippen molar-refractivity contribution in [3.63, 3.8) is 0 Å². The van der Waals surface area contributed by atoms with Crippen LogP contribution in [0.25, 0.3) is 11.2 Å². The van der Waals surface area contributed by atoms with Crippen molar-refractivity contribution in [3.05, 3.63) is 6.33 Å². The van der Waals surface area contributed by atoms with Gasteiger partial charge in [0.2, 0.25) is 11.9 Å². The van der Waals surface area contributed by atoms with E-state index in [2.05, 4.69) is 30.3 Å². The van der Waals surface area contributed by atoms with Crippen molar-refractivity contribution in [2.75, 3.05) is 24.7 Å². The molecule has 1 amide bonds. The molecule has 0 aliphatic carbocycles. The van der Waals surface area contributed by atoms with E-state index >= 15 is 0 Å². The summed E-state index contributed by atoms with van der Waals surface area (Å²) in [7, 11) is -10.2. The summed E-state index contributed by atoms with van der Waals surface area (Å²) < 4.78 is 59.9. The normalized spacial score (nSPS) is 41.3.